The lowest BCUT2D eigenvalue weighted by Gasteiger charge is -2.00. The molecule has 1 heterocycles. The van der Waals surface area contributed by atoms with Gasteiger partial charge in [0.2, 0.25) is 5.95 Å². The van der Waals surface area contributed by atoms with E-state index in [4.69, 9.17) is 5.73 Å². The Morgan fingerprint density at radius 2 is 2.25 bits per heavy atom. The van der Waals surface area contributed by atoms with Crippen molar-refractivity contribution in [3.8, 4) is 0 Å². The maximum atomic E-state index is 12.9. The summed E-state index contributed by atoms with van der Waals surface area (Å²) in [5.41, 5.74) is 6.69. The Morgan fingerprint density at radius 1 is 1.50 bits per heavy atom. The summed E-state index contributed by atoms with van der Waals surface area (Å²) in [6.07, 6.45) is 1.61. The fourth-order valence-electron chi connectivity index (χ4n) is 0.964. The number of hydrogen-bond acceptors (Lipinski definition) is 2. The highest BCUT2D eigenvalue weighted by atomic mass is 19.1. The summed E-state index contributed by atoms with van der Waals surface area (Å²) < 4.78 is 12.9. The van der Waals surface area contributed by atoms with Crippen LogP contribution in [0.3, 0.4) is 0 Å². The number of halogens is 1. The van der Waals surface area contributed by atoms with E-state index in [2.05, 4.69) is 4.98 Å². The summed E-state index contributed by atoms with van der Waals surface area (Å²) in [5, 5.41) is 0. The Bertz CT molecular complexity index is 261. The molecule has 12 heavy (non-hydrogen) atoms. The fourth-order valence-corrected chi connectivity index (χ4v) is 0.964. The fraction of sp³-hybridized carbons (Fsp3) is 0.444. The average Bonchev–Trinajstić information content (AvgIpc) is 2.07. The van der Waals surface area contributed by atoms with Crippen LogP contribution in [-0.4, -0.2) is 11.5 Å². The molecule has 0 amide bonds. The van der Waals surface area contributed by atoms with Crippen molar-refractivity contribution in [3.05, 3.63) is 29.3 Å². The molecule has 1 aromatic heterocycles. The van der Waals surface area contributed by atoms with Gasteiger partial charge in [-0.3, -0.25) is 0 Å². The van der Waals surface area contributed by atoms with E-state index in [0.29, 0.717) is 12.1 Å². The van der Waals surface area contributed by atoms with Crippen LogP contribution in [0.5, 0.6) is 0 Å². The standard InChI is InChI=1S/C9H13FN2/c1-7-4-5-8(3-2-6-11)12-9(7)10/h4-5H,2-3,6,11H2,1H3. The third kappa shape index (κ3) is 2.27. The normalized spacial score (nSPS) is 10.2. The van der Waals surface area contributed by atoms with Crippen LogP contribution < -0.4 is 5.73 Å². The van der Waals surface area contributed by atoms with E-state index in [-0.39, 0.29) is 5.95 Å². The highest BCUT2D eigenvalue weighted by molar-refractivity contribution is 5.13. The molecule has 0 aliphatic rings. The second-order valence-corrected chi connectivity index (χ2v) is 2.80. The third-order valence-electron chi connectivity index (χ3n) is 1.73. The SMILES string of the molecule is Cc1ccc(CCCN)nc1F. The van der Waals surface area contributed by atoms with Gasteiger partial charge in [0.1, 0.15) is 0 Å². The summed E-state index contributed by atoms with van der Waals surface area (Å²) in [5.74, 6) is -0.371. The van der Waals surface area contributed by atoms with Crippen molar-refractivity contribution in [2.75, 3.05) is 6.54 Å². The number of aromatic nitrogens is 1. The minimum Gasteiger partial charge on any atom is -0.330 e. The lowest BCUT2D eigenvalue weighted by molar-refractivity contribution is 0.566. The zero-order valence-electron chi connectivity index (χ0n) is 7.18. The smallest absolute Gasteiger partial charge is 0.215 e. The topological polar surface area (TPSA) is 38.9 Å². The van der Waals surface area contributed by atoms with Crippen molar-refractivity contribution in [1.82, 2.24) is 4.98 Å². The monoisotopic (exact) mass is 168 g/mol. The minimum atomic E-state index is -0.371. The molecule has 0 aliphatic heterocycles. The first-order chi connectivity index (χ1) is 5.74. The van der Waals surface area contributed by atoms with Gasteiger partial charge in [-0.15, -0.1) is 0 Å². The maximum absolute atomic E-state index is 12.9. The molecule has 0 fully saturated rings. The molecule has 2 nitrogen and oxygen atoms in total. The van der Waals surface area contributed by atoms with Crippen LogP contribution in [0.4, 0.5) is 4.39 Å². The van der Waals surface area contributed by atoms with Crippen LogP contribution in [0.2, 0.25) is 0 Å². The van der Waals surface area contributed by atoms with Gasteiger partial charge < -0.3 is 5.73 Å². The molecule has 1 aromatic rings. The quantitative estimate of drug-likeness (QED) is 0.693. The van der Waals surface area contributed by atoms with E-state index in [1.54, 1.807) is 13.0 Å². The lowest BCUT2D eigenvalue weighted by atomic mass is 10.2. The van der Waals surface area contributed by atoms with Crippen LogP contribution in [0, 0.1) is 12.9 Å². The summed E-state index contributed by atoms with van der Waals surface area (Å²) in [6.45, 7) is 2.33. The Morgan fingerprint density at radius 3 is 2.83 bits per heavy atom. The number of nitrogens with zero attached hydrogens (tertiary/aromatic N) is 1. The van der Waals surface area contributed by atoms with Crippen molar-refractivity contribution >= 4 is 0 Å². The first kappa shape index (κ1) is 9.13. The average molecular weight is 168 g/mol. The van der Waals surface area contributed by atoms with E-state index in [1.807, 2.05) is 6.07 Å². The second kappa shape index (κ2) is 4.16. The first-order valence-corrected chi connectivity index (χ1v) is 4.06. The summed E-state index contributed by atoms with van der Waals surface area (Å²) in [7, 11) is 0. The van der Waals surface area contributed by atoms with E-state index >= 15 is 0 Å². The molecule has 0 aromatic carbocycles. The van der Waals surface area contributed by atoms with E-state index in [9.17, 15) is 4.39 Å². The Labute approximate surface area is 71.6 Å². The van der Waals surface area contributed by atoms with Gasteiger partial charge in [0.25, 0.3) is 0 Å². The van der Waals surface area contributed by atoms with Crippen LogP contribution in [0.15, 0.2) is 12.1 Å². The molecule has 0 spiro atoms. The van der Waals surface area contributed by atoms with E-state index in [0.717, 1.165) is 18.5 Å². The third-order valence-corrected chi connectivity index (χ3v) is 1.73. The minimum absolute atomic E-state index is 0.371. The molecule has 0 saturated heterocycles. The van der Waals surface area contributed by atoms with Gasteiger partial charge in [0, 0.05) is 11.3 Å². The predicted molar refractivity (Wildman–Crippen MR) is 46.3 cm³/mol. The Kier molecular flexibility index (Phi) is 3.17. The predicted octanol–water partition coefficient (Wildman–Crippen LogP) is 1.42. The lowest BCUT2D eigenvalue weighted by Crippen LogP contribution is -2.02. The number of rotatable bonds is 3. The molecular weight excluding hydrogens is 155 g/mol. The molecule has 66 valence electrons. The highest BCUT2D eigenvalue weighted by Crippen LogP contribution is 2.05. The molecule has 3 heteroatoms. The van der Waals surface area contributed by atoms with Gasteiger partial charge >= 0.3 is 0 Å². The van der Waals surface area contributed by atoms with Gasteiger partial charge in [0.15, 0.2) is 0 Å². The zero-order valence-corrected chi connectivity index (χ0v) is 7.18. The van der Waals surface area contributed by atoms with Crippen LogP contribution in [0.25, 0.3) is 0 Å². The van der Waals surface area contributed by atoms with Crippen LogP contribution >= 0.6 is 0 Å². The molecular formula is C9H13FN2. The molecule has 0 bridgehead atoms. The van der Waals surface area contributed by atoms with Gasteiger partial charge in [0.05, 0.1) is 0 Å². The van der Waals surface area contributed by atoms with Crippen molar-refractivity contribution in [2.45, 2.75) is 19.8 Å². The molecule has 0 unspecified atom stereocenters. The Balaban J connectivity index is 2.69. The van der Waals surface area contributed by atoms with Crippen molar-refractivity contribution < 1.29 is 4.39 Å². The zero-order chi connectivity index (χ0) is 8.97. The number of nitrogens with two attached hydrogens (primary N) is 1. The van der Waals surface area contributed by atoms with Crippen molar-refractivity contribution in [1.29, 1.82) is 0 Å². The summed E-state index contributed by atoms with van der Waals surface area (Å²) in [6, 6.07) is 3.59. The molecule has 0 aliphatic carbocycles. The van der Waals surface area contributed by atoms with Gasteiger partial charge in [-0.05, 0) is 32.4 Å². The van der Waals surface area contributed by atoms with E-state index < -0.39 is 0 Å². The number of hydrogen-bond donors (Lipinski definition) is 1. The molecule has 0 radical (unpaired) electrons. The van der Waals surface area contributed by atoms with Crippen molar-refractivity contribution in [3.63, 3.8) is 0 Å². The molecule has 1 rings (SSSR count). The van der Waals surface area contributed by atoms with Crippen LogP contribution in [0.1, 0.15) is 17.7 Å². The van der Waals surface area contributed by atoms with Gasteiger partial charge in [-0.2, -0.15) is 4.39 Å². The van der Waals surface area contributed by atoms with Gasteiger partial charge in [-0.1, -0.05) is 6.07 Å². The molecule has 0 atom stereocenters. The molecule has 2 N–H and O–H groups in total. The van der Waals surface area contributed by atoms with E-state index in [1.165, 1.54) is 0 Å². The van der Waals surface area contributed by atoms with Crippen molar-refractivity contribution in [2.24, 2.45) is 5.73 Å². The van der Waals surface area contributed by atoms with Gasteiger partial charge in [-0.25, -0.2) is 4.98 Å². The number of pyridine rings is 1. The largest absolute Gasteiger partial charge is 0.330 e. The number of aryl methyl sites for hydroxylation is 2. The maximum Gasteiger partial charge on any atom is 0.215 e. The first-order valence-electron chi connectivity index (χ1n) is 4.06. The van der Waals surface area contributed by atoms with Crippen LogP contribution in [-0.2, 0) is 6.42 Å². The summed E-state index contributed by atoms with van der Waals surface area (Å²) in [4.78, 5) is 3.79. The highest BCUT2D eigenvalue weighted by Gasteiger charge is 1.99. The Hall–Kier alpha value is -0.960. The second-order valence-electron chi connectivity index (χ2n) is 2.80. The summed E-state index contributed by atoms with van der Waals surface area (Å²) >= 11 is 0. The molecule has 0 saturated carbocycles.